The lowest BCUT2D eigenvalue weighted by Gasteiger charge is -2.33. The van der Waals surface area contributed by atoms with Crippen molar-refractivity contribution >= 4 is 27.5 Å². The first-order valence-electron chi connectivity index (χ1n) is 10.4. The van der Waals surface area contributed by atoms with E-state index in [1.165, 1.54) is 0 Å². The van der Waals surface area contributed by atoms with Gasteiger partial charge in [-0.2, -0.15) is 8.42 Å². The van der Waals surface area contributed by atoms with Gasteiger partial charge in [0.2, 0.25) is 5.91 Å². The third-order valence-electron chi connectivity index (χ3n) is 5.88. The Hall–Kier alpha value is -2.67. The van der Waals surface area contributed by atoms with Gasteiger partial charge in [0, 0.05) is 24.3 Å². The molecular formula is C23H27N3O3S. The van der Waals surface area contributed by atoms with E-state index in [1.807, 2.05) is 30.0 Å². The predicted octanol–water partition coefficient (Wildman–Crippen LogP) is 3.92. The van der Waals surface area contributed by atoms with Crippen molar-refractivity contribution in [1.82, 2.24) is 4.90 Å². The number of amides is 1. The summed E-state index contributed by atoms with van der Waals surface area (Å²) in [4.78, 5) is 15.3. The minimum atomic E-state index is -3.67. The van der Waals surface area contributed by atoms with Gasteiger partial charge in [-0.25, -0.2) is 0 Å². The number of hydrogen-bond acceptors (Lipinski definition) is 4. The van der Waals surface area contributed by atoms with Crippen LogP contribution in [0.15, 0.2) is 51.8 Å². The summed E-state index contributed by atoms with van der Waals surface area (Å²) in [6, 6.07) is 13.0. The van der Waals surface area contributed by atoms with Crippen LogP contribution in [0.25, 0.3) is 0 Å². The summed E-state index contributed by atoms with van der Waals surface area (Å²) in [5, 5.41) is 3.15. The molecule has 2 aliphatic rings. The molecule has 2 heterocycles. The van der Waals surface area contributed by atoms with E-state index in [-0.39, 0.29) is 16.7 Å². The number of anilines is 1. The van der Waals surface area contributed by atoms with Gasteiger partial charge in [-0.1, -0.05) is 44.2 Å². The molecule has 1 amide bonds. The second-order valence-electron chi connectivity index (χ2n) is 8.35. The number of benzene rings is 2. The highest BCUT2D eigenvalue weighted by atomic mass is 32.2. The molecule has 0 bridgehead atoms. The second-order valence-corrected chi connectivity index (χ2v) is 9.93. The van der Waals surface area contributed by atoms with Crippen molar-refractivity contribution < 1.29 is 13.2 Å². The summed E-state index contributed by atoms with van der Waals surface area (Å²) >= 11 is 0. The Kier molecular flexibility index (Phi) is 5.40. The van der Waals surface area contributed by atoms with E-state index in [2.05, 4.69) is 29.6 Å². The van der Waals surface area contributed by atoms with Gasteiger partial charge in [0.1, 0.15) is 4.90 Å². The van der Waals surface area contributed by atoms with Crippen LogP contribution in [0.5, 0.6) is 0 Å². The van der Waals surface area contributed by atoms with Gasteiger partial charge in [0.05, 0.1) is 5.92 Å². The summed E-state index contributed by atoms with van der Waals surface area (Å²) in [6.07, 6.45) is 1.58. The molecule has 0 aromatic heterocycles. The van der Waals surface area contributed by atoms with Crippen LogP contribution < -0.4 is 5.32 Å². The van der Waals surface area contributed by atoms with Crippen LogP contribution >= 0.6 is 0 Å². The quantitative estimate of drug-likeness (QED) is 0.808. The SMILES string of the molecule is Cc1cccc(C(C)C)c1NC(=O)C1CCCN(C2=NS(=O)(=O)c3ccccc32)C1. The monoisotopic (exact) mass is 425 g/mol. The number of carbonyl (C=O) groups is 1. The summed E-state index contributed by atoms with van der Waals surface area (Å²) in [7, 11) is -3.67. The molecule has 0 spiro atoms. The molecule has 2 aromatic rings. The molecule has 4 rings (SSSR count). The van der Waals surface area contributed by atoms with E-state index >= 15 is 0 Å². The van der Waals surface area contributed by atoms with Gasteiger partial charge in [-0.05, 0) is 48.9 Å². The zero-order valence-electron chi connectivity index (χ0n) is 17.6. The van der Waals surface area contributed by atoms with E-state index in [0.717, 1.165) is 29.7 Å². The lowest BCUT2D eigenvalue weighted by molar-refractivity contribution is -0.121. The van der Waals surface area contributed by atoms with Gasteiger partial charge >= 0.3 is 0 Å². The van der Waals surface area contributed by atoms with Crippen LogP contribution in [0.4, 0.5) is 5.69 Å². The average Bonchev–Trinajstić information content (AvgIpc) is 3.01. The third-order valence-corrected chi connectivity index (χ3v) is 7.20. The predicted molar refractivity (Wildman–Crippen MR) is 118 cm³/mol. The Morgan fingerprint density at radius 3 is 2.70 bits per heavy atom. The number of likely N-dealkylation sites (tertiary alicyclic amines) is 1. The Morgan fingerprint density at radius 2 is 1.93 bits per heavy atom. The standard InChI is InChI=1S/C23H27N3O3S/c1-15(2)18-11-6-8-16(3)21(18)24-23(27)17-9-7-13-26(14-17)22-19-10-4-5-12-20(19)30(28,29)25-22/h4-6,8,10-12,15,17H,7,9,13-14H2,1-3H3,(H,24,27). The van der Waals surface area contributed by atoms with Gasteiger partial charge in [0.25, 0.3) is 10.0 Å². The summed E-state index contributed by atoms with van der Waals surface area (Å²) in [5.74, 6) is 0.515. The molecular weight excluding hydrogens is 398 g/mol. The Labute approximate surface area is 178 Å². The van der Waals surface area contributed by atoms with Crippen molar-refractivity contribution in [3.8, 4) is 0 Å². The van der Waals surface area contributed by atoms with E-state index in [9.17, 15) is 13.2 Å². The molecule has 2 aromatic carbocycles. The maximum Gasteiger partial charge on any atom is 0.285 e. The number of nitrogens with one attached hydrogen (secondary N) is 1. The zero-order chi connectivity index (χ0) is 21.5. The van der Waals surface area contributed by atoms with Crippen molar-refractivity contribution in [2.75, 3.05) is 18.4 Å². The van der Waals surface area contributed by atoms with E-state index in [4.69, 9.17) is 0 Å². The van der Waals surface area contributed by atoms with Gasteiger partial charge < -0.3 is 10.2 Å². The first-order valence-corrected chi connectivity index (χ1v) is 11.8. The van der Waals surface area contributed by atoms with Crippen LogP contribution in [-0.2, 0) is 14.8 Å². The topological polar surface area (TPSA) is 78.8 Å². The third kappa shape index (κ3) is 3.74. The molecule has 7 heteroatoms. The van der Waals surface area contributed by atoms with Crippen molar-refractivity contribution in [3.05, 3.63) is 59.2 Å². The number of aryl methyl sites for hydroxylation is 1. The number of carbonyl (C=O) groups excluding carboxylic acids is 1. The molecule has 1 unspecified atom stereocenters. The zero-order valence-corrected chi connectivity index (χ0v) is 18.4. The smallest absolute Gasteiger partial charge is 0.285 e. The summed E-state index contributed by atoms with van der Waals surface area (Å²) < 4.78 is 28.8. The Morgan fingerprint density at radius 1 is 1.17 bits per heavy atom. The molecule has 1 atom stereocenters. The number of amidine groups is 1. The highest BCUT2D eigenvalue weighted by molar-refractivity contribution is 7.90. The molecule has 6 nitrogen and oxygen atoms in total. The Bertz CT molecular complexity index is 1120. The molecule has 0 aliphatic carbocycles. The number of para-hydroxylation sites is 1. The number of rotatable bonds is 3. The van der Waals surface area contributed by atoms with Crippen molar-refractivity contribution in [1.29, 1.82) is 0 Å². The lowest BCUT2D eigenvalue weighted by Crippen LogP contribution is -2.43. The van der Waals surface area contributed by atoms with Gasteiger partial charge in [-0.15, -0.1) is 4.40 Å². The van der Waals surface area contributed by atoms with Gasteiger partial charge in [0.15, 0.2) is 5.84 Å². The highest BCUT2D eigenvalue weighted by Gasteiger charge is 2.35. The summed E-state index contributed by atoms with van der Waals surface area (Å²) in [5.41, 5.74) is 3.68. The van der Waals surface area contributed by atoms with Crippen molar-refractivity contribution in [3.63, 3.8) is 0 Å². The average molecular weight is 426 g/mol. The fourth-order valence-electron chi connectivity index (χ4n) is 4.27. The second kappa shape index (κ2) is 7.87. The van der Waals surface area contributed by atoms with Crippen LogP contribution in [0.1, 0.15) is 49.3 Å². The molecule has 1 fully saturated rings. The van der Waals surface area contributed by atoms with Crippen LogP contribution in [-0.4, -0.2) is 38.2 Å². The largest absolute Gasteiger partial charge is 0.355 e. The van der Waals surface area contributed by atoms with E-state index in [0.29, 0.717) is 30.4 Å². The maximum absolute atomic E-state index is 13.1. The Balaban J connectivity index is 1.56. The normalized spacial score (nSPS) is 20.1. The highest BCUT2D eigenvalue weighted by Crippen LogP contribution is 2.31. The van der Waals surface area contributed by atoms with Crippen molar-refractivity contribution in [2.24, 2.45) is 10.3 Å². The first kappa shape index (κ1) is 20.6. The molecule has 0 radical (unpaired) electrons. The number of fused-ring (bicyclic) bond motifs is 1. The maximum atomic E-state index is 13.1. The fraction of sp³-hybridized carbons (Fsp3) is 0.391. The van der Waals surface area contributed by atoms with Crippen LogP contribution in [0.2, 0.25) is 0 Å². The minimum absolute atomic E-state index is 0.0226. The van der Waals surface area contributed by atoms with E-state index < -0.39 is 10.0 Å². The molecule has 1 N–H and O–H groups in total. The number of nitrogens with zero attached hydrogens (tertiary/aromatic N) is 2. The molecule has 2 aliphatic heterocycles. The molecule has 0 saturated carbocycles. The molecule has 30 heavy (non-hydrogen) atoms. The fourth-order valence-corrected chi connectivity index (χ4v) is 5.50. The first-order chi connectivity index (χ1) is 14.3. The van der Waals surface area contributed by atoms with Crippen molar-refractivity contribution in [2.45, 2.75) is 44.4 Å². The molecule has 158 valence electrons. The number of piperidine rings is 1. The van der Waals surface area contributed by atoms with Crippen LogP contribution in [0, 0.1) is 12.8 Å². The molecule has 1 saturated heterocycles. The minimum Gasteiger partial charge on any atom is -0.355 e. The van der Waals surface area contributed by atoms with E-state index in [1.54, 1.807) is 18.2 Å². The number of hydrogen-bond donors (Lipinski definition) is 1. The van der Waals surface area contributed by atoms with Gasteiger partial charge in [-0.3, -0.25) is 4.79 Å². The van der Waals surface area contributed by atoms with Crippen LogP contribution in [0.3, 0.4) is 0 Å². The lowest BCUT2D eigenvalue weighted by atomic mass is 9.94. The summed E-state index contributed by atoms with van der Waals surface area (Å²) in [6.45, 7) is 7.38. The number of sulfonamides is 1.